The SMILES string of the molecule is C[C@]12CC[C@H]3[C@@H](CC=C4C[C@@H](O)CC[C@@]43C)[C@@H]1CC[C@@H]2C(=O)/C=C/c1cccnc1. The molecule has 3 saturated carbocycles. The van der Waals surface area contributed by atoms with Crippen LogP contribution in [0, 0.1) is 34.5 Å². The van der Waals surface area contributed by atoms with Crippen molar-refractivity contribution >= 4 is 11.9 Å². The van der Waals surface area contributed by atoms with Gasteiger partial charge in [-0.25, -0.2) is 0 Å². The second-order valence-electron chi connectivity index (χ2n) is 10.9. The Kier molecular flexibility index (Phi) is 5.01. The van der Waals surface area contributed by atoms with Crippen LogP contribution >= 0.6 is 0 Å². The minimum absolute atomic E-state index is 0.132. The molecule has 3 nitrogen and oxygen atoms in total. The first-order chi connectivity index (χ1) is 14.4. The summed E-state index contributed by atoms with van der Waals surface area (Å²) in [6.07, 6.45) is 18.4. The van der Waals surface area contributed by atoms with Crippen LogP contribution in [0.5, 0.6) is 0 Å². The third kappa shape index (κ3) is 3.12. The summed E-state index contributed by atoms with van der Waals surface area (Å²) in [4.78, 5) is 17.4. The van der Waals surface area contributed by atoms with Gasteiger partial charge in [-0.2, -0.15) is 0 Å². The molecule has 7 atom stereocenters. The summed E-state index contributed by atoms with van der Waals surface area (Å²) >= 11 is 0. The quantitative estimate of drug-likeness (QED) is 0.526. The molecule has 5 rings (SSSR count). The molecule has 1 heterocycles. The number of hydrogen-bond acceptors (Lipinski definition) is 3. The molecular weight excluding hydrogens is 370 g/mol. The number of aliphatic hydroxyl groups is 1. The van der Waals surface area contributed by atoms with E-state index >= 15 is 0 Å². The number of carbonyl (C=O) groups is 1. The summed E-state index contributed by atoms with van der Waals surface area (Å²) in [6, 6.07) is 3.91. The van der Waals surface area contributed by atoms with Crippen LogP contribution in [0.25, 0.3) is 6.08 Å². The van der Waals surface area contributed by atoms with Crippen molar-refractivity contribution in [2.24, 2.45) is 34.5 Å². The van der Waals surface area contributed by atoms with Gasteiger partial charge in [-0.3, -0.25) is 9.78 Å². The van der Waals surface area contributed by atoms with E-state index in [1.54, 1.807) is 6.20 Å². The van der Waals surface area contributed by atoms with Gasteiger partial charge in [0.25, 0.3) is 0 Å². The Morgan fingerprint density at radius 2 is 2.03 bits per heavy atom. The highest BCUT2D eigenvalue weighted by Crippen LogP contribution is 2.66. The predicted molar refractivity (Wildman–Crippen MR) is 119 cm³/mol. The number of rotatable bonds is 3. The van der Waals surface area contributed by atoms with Crippen molar-refractivity contribution in [1.29, 1.82) is 0 Å². The van der Waals surface area contributed by atoms with Crippen LogP contribution in [0.1, 0.15) is 70.8 Å². The van der Waals surface area contributed by atoms with Gasteiger partial charge in [0.15, 0.2) is 5.78 Å². The lowest BCUT2D eigenvalue weighted by Gasteiger charge is -2.57. The van der Waals surface area contributed by atoms with Crippen LogP contribution in [0.4, 0.5) is 0 Å². The summed E-state index contributed by atoms with van der Waals surface area (Å²) in [5, 5.41) is 10.2. The molecule has 0 saturated heterocycles. The molecule has 3 heteroatoms. The van der Waals surface area contributed by atoms with Gasteiger partial charge in [0.1, 0.15) is 0 Å². The van der Waals surface area contributed by atoms with Crippen LogP contribution in [0.3, 0.4) is 0 Å². The van der Waals surface area contributed by atoms with Gasteiger partial charge in [0, 0.05) is 18.3 Å². The summed E-state index contributed by atoms with van der Waals surface area (Å²) in [5.41, 5.74) is 2.92. The molecular formula is C27H35NO2. The predicted octanol–water partition coefficient (Wildman–Crippen LogP) is 5.60. The van der Waals surface area contributed by atoms with Crippen LogP contribution in [0.2, 0.25) is 0 Å². The van der Waals surface area contributed by atoms with Crippen molar-refractivity contribution in [3.63, 3.8) is 0 Å². The second kappa shape index (κ2) is 7.44. The molecule has 1 N–H and O–H groups in total. The number of pyridine rings is 1. The first kappa shape index (κ1) is 20.2. The van der Waals surface area contributed by atoms with Crippen molar-refractivity contribution < 1.29 is 9.90 Å². The molecule has 3 fully saturated rings. The Bertz CT molecular complexity index is 874. The third-order valence-electron chi connectivity index (χ3n) is 9.55. The fourth-order valence-corrected chi connectivity index (χ4v) is 7.88. The molecule has 160 valence electrons. The van der Waals surface area contributed by atoms with Gasteiger partial charge in [-0.1, -0.05) is 31.6 Å². The molecule has 0 amide bonds. The van der Waals surface area contributed by atoms with Gasteiger partial charge in [-0.15, -0.1) is 0 Å². The molecule has 0 spiro atoms. The highest BCUT2D eigenvalue weighted by atomic mass is 16.3. The smallest absolute Gasteiger partial charge is 0.159 e. The van der Waals surface area contributed by atoms with E-state index in [0.717, 1.165) is 43.6 Å². The van der Waals surface area contributed by atoms with Crippen molar-refractivity contribution in [2.75, 3.05) is 0 Å². The maximum atomic E-state index is 13.2. The fourth-order valence-electron chi connectivity index (χ4n) is 7.88. The van der Waals surface area contributed by atoms with Gasteiger partial charge in [0.2, 0.25) is 0 Å². The first-order valence-electron chi connectivity index (χ1n) is 11.9. The normalized spacial score (nSPS) is 42.9. The average molecular weight is 406 g/mol. The summed E-state index contributed by atoms with van der Waals surface area (Å²) < 4.78 is 0. The minimum Gasteiger partial charge on any atom is -0.393 e. The Balaban J connectivity index is 1.36. The number of ketones is 1. The van der Waals surface area contributed by atoms with E-state index < -0.39 is 0 Å². The monoisotopic (exact) mass is 405 g/mol. The van der Waals surface area contributed by atoms with Crippen LogP contribution in [-0.4, -0.2) is 22.0 Å². The van der Waals surface area contributed by atoms with E-state index in [1.165, 1.54) is 24.8 Å². The zero-order valence-corrected chi connectivity index (χ0v) is 18.4. The number of nitrogens with zero attached hydrogens (tertiary/aromatic N) is 1. The van der Waals surface area contributed by atoms with Crippen LogP contribution in [-0.2, 0) is 4.79 Å². The maximum absolute atomic E-state index is 13.2. The molecule has 0 unspecified atom stereocenters. The van der Waals surface area contributed by atoms with E-state index in [0.29, 0.717) is 17.6 Å². The van der Waals surface area contributed by atoms with E-state index in [-0.39, 0.29) is 22.9 Å². The van der Waals surface area contributed by atoms with Gasteiger partial charge < -0.3 is 5.11 Å². The van der Waals surface area contributed by atoms with Gasteiger partial charge in [0.05, 0.1) is 6.10 Å². The second-order valence-corrected chi connectivity index (χ2v) is 10.9. The summed E-state index contributed by atoms with van der Waals surface area (Å²) in [5.74, 6) is 2.54. The first-order valence-corrected chi connectivity index (χ1v) is 11.9. The largest absolute Gasteiger partial charge is 0.393 e. The molecule has 30 heavy (non-hydrogen) atoms. The zero-order valence-electron chi connectivity index (χ0n) is 18.4. The maximum Gasteiger partial charge on any atom is 0.159 e. The lowest BCUT2D eigenvalue weighted by Crippen LogP contribution is -2.50. The number of allylic oxidation sites excluding steroid dienone is 2. The van der Waals surface area contributed by atoms with Crippen molar-refractivity contribution in [3.05, 3.63) is 47.8 Å². The van der Waals surface area contributed by atoms with E-state index in [4.69, 9.17) is 0 Å². The van der Waals surface area contributed by atoms with Crippen molar-refractivity contribution in [2.45, 2.75) is 71.3 Å². The molecule has 0 aromatic carbocycles. The van der Waals surface area contributed by atoms with E-state index in [1.807, 2.05) is 30.5 Å². The molecule has 0 bridgehead atoms. The third-order valence-corrected chi connectivity index (χ3v) is 9.55. The van der Waals surface area contributed by atoms with Gasteiger partial charge in [-0.05, 0) is 104 Å². The minimum atomic E-state index is -0.144. The molecule has 1 aromatic rings. The number of aliphatic hydroxyl groups excluding tert-OH is 1. The standard InChI is InChI=1S/C27H35NO2/c1-26-13-11-20(29)16-19(26)6-7-21-22-8-9-24(27(22,2)14-12-23(21)26)25(30)10-5-18-4-3-15-28-17-18/h3-6,10,15,17,20-24,29H,7-9,11-14,16H2,1-2H3/b10-5+/t20-,21-,22-,23-,24+,26-,27-/m0/s1. The molecule has 4 aliphatic rings. The topological polar surface area (TPSA) is 50.2 Å². The highest BCUT2D eigenvalue weighted by Gasteiger charge is 2.59. The lowest BCUT2D eigenvalue weighted by molar-refractivity contribution is -0.124. The molecule has 4 aliphatic carbocycles. The van der Waals surface area contributed by atoms with Crippen LogP contribution < -0.4 is 0 Å². The van der Waals surface area contributed by atoms with Gasteiger partial charge >= 0.3 is 0 Å². The van der Waals surface area contributed by atoms with Crippen molar-refractivity contribution in [1.82, 2.24) is 4.98 Å². The fraction of sp³-hybridized carbons (Fsp3) is 0.630. The lowest BCUT2D eigenvalue weighted by atomic mass is 9.47. The number of fused-ring (bicyclic) bond motifs is 5. The molecule has 1 aromatic heterocycles. The Morgan fingerprint density at radius 3 is 2.83 bits per heavy atom. The average Bonchev–Trinajstić information content (AvgIpc) is 3.10. The zero-order chi connectivity index (χ0) is 20.9. The Labute approximate surface area is 180 Å². The summed E-state index contributed by atoms with van der Waals surface area (Å²) in [7, 11) is 0. The molecule has 0 radical (unpaired) electrons. The number of aromatic nitrogens is 1. The highest BCUT2D eigenvalue weighted by molar-refractivity contribution is 5.96. The Hall–Kier alpha value is -1.74. The van der Waals surface area contributed by atoms with E-state index in [2.05, 4.69) is 24.9 Å². The summed E-state index contributed by atoms with van der Waals surface area (Å²) in [6.45, 7) is 4.88. The van der Waals surface area contributed by atoms with E-state index in [9.17, 15) is 9.90 Å². The molecule has 0 aliphatic heterocycles. The Morgan fingerprint density at radius 1 is 1.17 bits per heavy atom. The van der Waals surface area contributed by atoms with Crippen LogP contribution in [0.15, 0.2) is 42.3 Å². The number of hydrogen-bond donors (Lipinski definition) is 1. The number of carbonyl (C=O) groups excluding carboxylic acids is 1. The van der Waals surface area contributed by atoms with Crippen molar-refractivity contribution in [3.8, 4) is 0 Å².